The van der Waals surface area contributed by atoms with Gasteiger partial charge in [-0.1, -0.05) is 119 Å². The standard InChI is InChI=1S/C58H99N15O15/c1-13-19-34-47(80)65-35(22-18-23-62-56(60)61)48(81)69-40(30(5)14-2)53(86)70-41(31(6)76)52(85)63-26-39(77)64-37(27-74)50(83)68-38(28-75)51(84)71-42(32-20-16-15-17-21-32)43(54(87)73-44(55(88)66-34)45(78)29(3)4)72-49(82)36(25-58(10,11)12)67-46(79)33(59)24-57(7,8)9/h15-17,20-21,29-31,33-38,40-45,74-76,78H,13-14,18-19,22-28,59H2,1-12H3,(H,63,85)(H,64,77)(H,65,80)(H,66,88)(H,67,79)(H,68,83)(H,69,81)(H,70,86)(H,71,84)(H,72,82)(H,73,87)(H4,60,61,62)/t30-,31-,33+,34-,35+,36-,37-,38?,40-,41-,42+,43-,44-,45+/m0/s1. The molecular weight excluding hydrogens is 1150 g/mol. The van der Waals surface area contributed by atoms with E-state index in [9.17, 15) is 68.4 Å². The highest BCUT2D eigenvalue weighted by Gasteiger charge is 2.42. The summed E-state index contributed by atoms with van der Waals surface area (Å²) in [6.07, 6.45) is -2.89. The van der Waals surface area contributed by atoms with E-state index in [1.54, 1.807) is 47.6 Å². The first-order valence-corrected chi connectivity index (χ1v) is 29.7. The number of nitrogens with zero attached hydrogens (tertiary/aromatic N) is 1. The number of nitrogens with two attached hydrogens (primary N) is 3. The molecule has 0 bridgehead atoms. The van der Waals surface area contributed by atoms with Crippen LogP contribution in [0.4, 0.5) is 0 Å². The van der Waals surface area contributed by atoms with Gasteiger partial charge < -0.3 is 96.1 Å². The predicted octanol–water partition coefficient (Wildman–Crippen LogP) is -4.18. The van der Waals surface area contributed by atoms with Gasteiger partial charge >= 0.3 is 0 Å². The van der Waals surface area contributed by atoms with E-state index in [0.717, 1.165) is 6.92 Å². The zero-order valence-electron chi connectivity index (χ0n) is 52.8. The number of aliphatic hydroxyl groups is 4. The summed E-state index contributed by atoms with van der Waals surface area (Å²) >= 11 is 0. The average Bonchev–Trinajstić information content (AvgIpc) is 2.14. The zero-order valence-corrected chi connectivity index (χ0v) is 52.8. The van der Waals surface area contributed by atoms with Crippen LogP contribution in [0.5, 0.6) is 0 Å². The van der Waals surface area contributed by atoms with Gasteiger partial charge in [0.2, 0.25) is 65.0 Å². The van der Waals surface area contributed by atoms with Crippen LogP contribution in [-0.2, 0) is 52.7 Å². The Balaban J connectivity index is 3.06. The molecule has 496 valence electrons. The normalized spacial score (nSPS) is 24.9. The summed E-state index contributed by atoms with van der Waals surface area (Å²) in [7, 11) is 0. The number of benzene rings is 1. The predicted molar refractivity (Wildman–Crippen MR) is 325 cm³/mol. The number of guanidine groups is 1. The van der Waals surface area contributed by atoms with Crippen LogP contribution in [0.3, 0.4) is 0 Å². The van der Waals surface area contributed by atoms with Gasteiger partial charge in [0.05, 0.1) is 44.1 Å². The fraction of sp³-hybridized carbons (Fsp3) is 0.690. The van der Waals surface area contributed by atoms with Crippen molar-refractivity contribution in [1.29, 1.82) is 0 Å². The van der Waals surface area contributed by atoms with Gasteiger partial charge in [0.15, 0.2) is 5.96 Å². The molecule has 0 spiro atoms. The summed E-state index contributed by atoms with van der Waals surface area (Å²) in [5.74, 6) is -13.3. The minimum absolute atomic E-state index is 0.0202. The van der Waals surface area contributed by atoms with Crippen LogP contribution in [-0.4, -0.2) is 190 Å². The largest absolute Gasteiger partial charge is 0.394 e. The monoisotopic (exact) mass is 1250 g/mol. The molecule has 30 heteroatoms. The first-order chi connectivity index (χ1) is 41.0. The van der Waals surface area contributed by atoms with E-state index in [2.05, 4.69) is 63.5 Å². The molecule has 0 radical (unpaired) electrons. The molecule has 0 saturated carbocycles. The third-order valence-electron chi connectivity index (χ3n) is 14.3. The molecule has 21 N–H and O–H groups in total. The van der Waals surface area contributed by atoms with E-state index >= 15 is 4.79 Å². The van der Waals surface area contributed by atoms with Crippen LogP contribution >= 0.6 is 0 Å². The lowest BCUT2D eigenvalue weighted by Gasteiger charge is -2.35. The van der Waals surface area contributed by atoms with Crippen molar-refractivity contribution < 1.29 is 73.2 Å². The van der Waals surface area contributed by atoms with E-state index in [0.29, 0.717) is 0 Å². The van der Waals surface area contributed by atoms with E-state index in [-0.39, 0.29) is 63.0 Å². The summed E-state index contributed by atoms with van der Waals surface area (Å²) < 4.78 is 0. The van der Waals surface area contributed by atoms with Crippen LogP contribution in [0.1, 0.15) is 140 Å². The van der Waals surface area contributed by atoms with Crippen molar-refractivity contribution in [3.8, 4) is 0 Å². The SMILES string of the molecule is CCC[C@@H]1NC(=O)[C@H]([C@H](O)C(C)C)NC(=O)[C@@H](NC(=O)[C@H](CC(C)(C)C)NC(=O)[C@H](N)CC(C)(C)C)[C@@H](c2ccccc2)NC(=O)C(CO)NC(=O)[C@H](CO)NC(=O)CNC(=O)[C@H]([C@H](C)O)NC(=O)[C@H]([C@@H](C)CC)NC(=O)[C@@H](CCCN=C(N)N)NC1=O. The molecule has 88 heavy (non-hydrogen) atoms. The molecule has 1 aromatic carbocycles. The van der Waals surface area contributed by atoms with Gasteiger partial charge in [-0.15, -0.1) is 0 Å². The van der Waals surface area contributed by atoms with E-state index in [1.165, 1.54) is 38.1 Å². The molecule has 14 atom stereocenters. The molecule has 1 saturated heterocycles. The summed E-state index contributed by atoms with van der Waals surface area (Å²) in [6, 6.07) is -10.7. The quantitative estimate of drug-likeness (QED) is 0.0335. The van der Waals surface area contributed by atoms with Crippen molar-refractivity contribution >= 4 is 70.9 Å². The molecule has 0 aliphatic carbocycles. The Hall–Kier alpha value is -7.54. The zero-order chi connectivity index (χ0) is 67.0. The maximum Gasteiger partial charge on any atom is 0.245 e. The smallest absolute Gasteiger partial charge is 0.245 e. The van der Waals surface area contributed by atoms with Crippen LogP contribution in [0, 0.1) is 22.7 Å². The maximum atomic E-state index is 15.4. The maximum absolute atomic E-state index is 15.4. The number of aliphatic imine (C=N–C) groups is 1. The number of amides is 11. The van der Waals surface area contributed by atoms with Gasteiger partial charge in [0.25, 0.3) is 0 Å². The van der Waals surface area contributed by atoms with Gasteiger partial charge in [-0.05, 0) is 67.3 Å². The van der Waals surface area contributed by atoms with Crippen LogP contribution < -0.4 is 75.7 Å². The van der Waals surface area contributed by atoms with Gasteiger partial charge in [0, 0.05) is 6.54 Å². The van der Waals surface area contributed by atoms with E-state index < -0.39 is 186 Å². The highest BCUT2D eigenvalue weighted by molar-refractivity contribution is 6.00. The highest BCUT2D eigenvalue weighted by Crippen LogP contribution is 2.25. The Morgan fingerprint density at radius 3 is 1.66 bits per heavy atom. The summed E-state index contributed by atoms with van der Waals surface area (Å²) in [5.41, 5.74) is 16.4. The van der Waals surface area contributed by atoms with Crippen molar-refractivity contribution in [2.75, 3.05) is 26.3 Å². The van der Waals surface area contributed by atoms with E-state index in [1.807, 2.05) is 20.8 Å². The van der Waals surface area contributed by atoms with Gasteiger partial charge in [-0.3, -0.25) is 57.7 Å². The van der Waals surface area contributed by atoms with E-state index in [4.69, 9.17) is 17.2 Å². The Bertz CT molecular complexity index is 2560. The summed E-state index contributed by atoms with van der Waals surface area (Å²) in [4.78, 5) is 161. The van der Waals surface area contributed by atoms with Crippen LogP contribution in [0.2, 0.25) is 0 Å². The number of carbonyl (C=O) groups excluding carboxylic acids is 11. The molecule has 1 heterocycles. The number of hydrogen-bond donors (Lipinski definition) is 18. The number of aliphatic hydroxyl groups excluding tert-OH is 4. The number of nitrogens with one attached hydrogen (secondary N) is 11. The number of rotatable bonds is 20. The van der Waals surface area contributed by atoms with Gasteiger partial charge in [-0.2, -0.15) is 0 Å². The van der Waals surface area contributed by atoms with Gasteiger partial charge in [0.1, 0.15) is 54.4 Å². The lowest BCUT2D eigenvalue weighted by atomic mass is 9.86. The van der Waals surface area contributed by atoms with Crippen LogP contribution in [0.25, 0.3) is 0 Å². The third-order valence-corrected chi connectivity index (χ3v) is 14.3. The molecule has 1 aliphatic heterocycles. The first kappa shape index (κ1) is 76.6. The summed E-state index contributed by atoms with van der Waals surface area (Å²) in [6.45, 7) is 16.9. The van der Waals surface area contributed by atoms with Crippen molar-refractivity contribution in [2.45, 2.75) is 207 Å². The molecule has 30 nitrogen and oxygen atoms in total. The third kappa shape index (κ3) is 25.7. The topological polar surface area (TPSA) is 491 Å². The lowest BCUT2D eigenvalue weighted by molar-refractivity contribution is -0.139. The number of hydrogen-bond acceptors (Lipinski definition) is 17. The summed E-state index contributed by atoms with van der Waals surface area (Å²) in [5, 5.41) is 70.8. The Labute approximate surface area is 514 Å². The van der Waals surface area contributed by atoms with Crippen molar-refractivity contribution in [3.05, 3.63) is 35.9 Å². The van der Waals surface area contributed by atoms with Crippen molar-refractivity contribution in [1.82, 2.24) is 58.5 Å². The second-order valence-electron chi connectivity index (χ2n) is 25.0. The molecule has 1 fully saturated rings. The Morgan fingerprint density at radius 2 is 1.12 bits per heavy atom. The molecule has 1 aromatic rings. The van der Waals surface area contributed by atoms with Crippen molar-refractivity contribution in [2.24, 2.45) is 44.9 Å². The average molecular weight is 1250 g/mol. The molecule has 1 aliphatic rings. The van der Waals surface area contributed by atoms with Gasteiger partial charge in [-0.25, -0.2) is 0 Å². The second kappa shape index (κ2) is 36.1. The molecular formula is C58H99N15O15. The second-order valence-corrected chi connectivity index (χ2v) is 25.0. The fourth-order valence-corrected chi connectivity index (χ4v) is 9.27. The Kier molecular flexibility index (Phi) is 31.4. The van der Waals surface area contributed by atoms with Crippen molar-refractivity contribution in [3.63, 3.8) is 0 Å². The molecule has 11 amide bonds. The Morgan fingerprint density at radius 1 is 0.625 bits per heavy atom. The fourth-order valence-electron chi connectivity index (χ4n) is 9.27. The van der Waals surface area contributed by atoms with Crippen LogP contribution in [0.15, 0.2) is 35.3 Å². The molecule has 0 aromatic heterocycles. The lowest BCUT2D eigenvalue weighted by Crippen LogP contribution is -2.65. The number of carbonyl (C=O) groups is 11. The minimum Gasteiger partial charge on any atom is -0.394 e. The highest BCUT2D eigenvalue weighted by atomic mass is 16.3. The first-order valence-electron chi connectivity index (χ1n) is 29.7. The minimum atomic E-state index is -2.03. The molecule has 2 rings (SSSR count). The molecule has 1 unspecified atom stereocenters.